The molecular formula is C13H18Br2N2OS. The Balaban J connectivity index is 2.07. The van der Waals surface area contributed by atoms with Crippen LogP contribution in [0.4, 0.5) is 0 Å². The Morgan fingerprint density at radius 2 is 2.00 bits per heavy atom. The van der Waals surface area contributed by atoms with Crippen LogP contribution in [0, 0.1) is 0 Å². The van der Waals surface area contributed by atoms with E-state index in [2.05, 4.69) is 50.9 Å². The molecule has 0 atom stereocenters. The first-order chi connectivity index (χ1) is 8.85. The van der Waals surface area contributed by atoms with E-state index in [1.165, 1.54) is 30.6 Å². The van der Waals surface area contributed by atoms with Gasteiger partial charge in [0.25, 0.3) is 5.91 Å². The number of likely N-dealkylation sites (N-methyl/N-ethyl adjacent to an activating group) is 2. The summed E-state index contributed by atoms with van der Waals surface area (Å²) in [5, 5.41) is 0. The molecule has 1 heterocycles. The highest BCUT2D eigenvalue weighted by atomic mass is 79.9. The first kappa shape index (κ1) is 15.5. The van der Waals surface area contributed by atoms with E-state index in [-0.39, 0.29) is 11.4 Å². The SMILES string of the molecule is CN(CC1(N(C)C)CCC1)C(=O)c1cc(Br)c(Br)s1. The summed E-state index contributed by atoms with van der Waals surface area (Å²) in [6, 6.07) is 1.89. The van der Waals surface area contributed by atoms with Crippen molar-refractivity contribution >= 4 is 49.1 Å². The molecule has 1 aromatic rings. The Hall–Kier alpha value is 0.0900. The summed E-state index contributed by atoms with van der Waals surface area (Å²) in [7, 11) is 6.11. The van der Waals surface area contributed by atoms with Gasteiger partial charge in [-0.25, -0.2) is 0 Å². The number of amides is 1. The Labute approximate surface area is 135 Å². The summed E-state index contributed by atoms with van der Waals surface area (Å²) in [6.07, 6.45) is 3.61. The summed E-state index contributed by atoms with van der Waals surface area (Å²) >= 11 is 8.34. The van der Waals surface area contributed by atoms with E-state index in [0.29, 0.717) is 0 Å². The van der Waals surface area contributed by atoms with Gasteiger partial charge < -0.3 is 9.80 Å². The van der Waals surface area contributed by atoms with Crippen LogP contribution in [0.5, 0.6) is 0 Å². The molecule has 0 saturated heterocycles. The number of halogens is 2. The lowest BCUT2D eigenvalue weighted by Gasteiger charge is -2.49. The molecule has 1 amide bonds. The number of carbonyl (C=O) groups is 1. The standard InChI is InChI=1S/C13H18Br2N2OS/c1-16(2)13(5-4-6-13)8-17(3)12(18)10-7-9(14)11(15)19-10/h7H,4-6,8H2,1-3H3. The van der Waals surface area contributed by atoms with Crippen molar-refractivity contribution < 1.29 is 4.79 Å². The molecule has 0 radical (unpaired) electrons. The fourth-order valence-electron chi connectivity index (χ4n) is 2.49. The van der Waals surface area contributed by atoms with Crippen LogP contribution in [0.2, 0.25) is 0 Å². The van der Waals surface area contributed by atoms with Gasteiger partial charge in [0.05, 0.1) is 8.66 Å². The third-order valence-electron chi connectivity index (χ3n) is 3.97. The molecule has 0 spiro atoms. The normalized spacial score (nSPS) is 17.4. The van der Waals surface area contributed by atoms with Crippen molar-refractivity contribution in [2.24, 2.45) is 0 Å². The maximum Gasteiger partial charge on any atom is 0.263 e. The van der Waals surface area contributed by atoms with Gasteiger partial charge in [0, 0.05) is 23.6 Å². The quantitative estimate of drug-likeness (QED) is 0.754. The minimum atomic E-state index is 0.101. The lowest BCUT2D eigenvalue weighted by atomic mass is 9.75. The maximum atomic E-state index is 12.4. The van der Waals surface area contributed by atoms with Crippen molar-refractivity contribution in [3.8, 4) is 0 Å². The molecule has 0 unspecified atom stereocenters. The van der Waals surface area contributed by atoms with Crippen molar-refractivity contribution in [2.75, 3.05) is 27.7 Å². The highest BCUT2D eigenvalue weighted by Crippen LogP contribution is 2.37. The van der Waals surface area contributed by atoms with Gasteiger partial charge >= 0.3 is 0 Å². The van der Waals surface area contributed by atoms with Crippen molar-refractivity contribution in [1.29, 1.82) is 0 Å². The Morgan fingerprint density at radius 3 is 2.37 bits per heavy atom. The predicted molar refractivity (Wildman–Crippen MR) is 86.9 cm³/mol. The second-order valence-corrected chi connectivity index (χ2v) is 8.59. The number of hydrogen-bond acceptors (Lipinski definition) is 3. The zero-order valence-electron chi connectivity index (χ0n) is 11.4. The van der Waals surface area contributed by atoms with Gasteiger partial charge in [0.15, 0.2) is 0 Å². The molecule has 106 valence electrons. The van der Waals surface area contributed by atoms with Gasteiger partial charge in [-0.15, -0.1) is 11.3 Å². The third kappa shape index (κ3) is 3.06. The number of nitrogens with zero attached hydrogens (tertiary/aromatic N) is 2. The van der Waals surface area contributed by atoms with Crippen molar-refractivity contribution in [3.05, 3.63) is 19.2 Å². The molecule has 19 heavy (non-hydrogen) atoms. The monoisotopic (exact) mass is 408 g/mol. The fourth-order valence-corrected chi connectivity index (χ4v) is 4.52. The largest absolute Gasteiger partial charge is 0.339 e. The summed E-state index contributed by atoms with van der Waals surface area (Å²) in [5.74, 6) is 0.101. The second kappa shape index (κ2) is 5.84. The van der Waals surface area contributed by atoms with Crippen LogP contribution in [-0.2, 0) is 0 Å². The molecule has 0 aromatic carbocycles. The molecule has 6 heteroatoms. The molecule has 0 aliphatic heterocycles. The molecular weight excluding hydrogens is 392 g/mol. The first-order valence-electron chi connectivity index (χ1n) is 6.23. The van der Waals surface area contributed by atoms with Crippen LogP contribution in [0.1, 0.15) is 28.9 Å². The molecule has 0 bridgehead atoms. The summed E-state index contributed by atoms with van der Waals surface area (Å²) in [5.41, 5.74) is 0.177. The molecule has 1 fully saturated rings. The molecule has 1 aliphatic carbocycles. The van der Waals surface area contributed by atoms with Crippen LogP contribution >= 0.6 is 43.2 Å². The van der Waals surface area contributed by atoms with E-state index in [0.717, 1.165) is 19.7 Å². The minimum absolute atomic E-state index is 0.101. The van der Waals surface area contributed by atoms with Gasteiger partial charge in [-0.3, -0.25) is 4.79 Å². The summed E-state index contributed by atoms with van der Waals surface area (Å²) < 4.78 is 1.91. The van der Waals surface area contributed by atoms with Crippen molar-refractivity contribution in [1.82, 2.24) is 9.80 Å². The number of thiophene rings is 1. The van der Waals surface area contributed by atoms with Crippen molar-refractivity contribution in [2.45, 2.75) is 24.8 Å². The highest BCUT2D eigenvalue weighted by Gasteiger charge is 2.40. The van der Waals surface area contributed by atoms with E-state index in [9.17, 15) is 4.79 Å². The molecule has 1 saturated carbocycles. The number of carbonyl (C=O) groups excluding carboxylic acids is 1. The number of hydrogen-bond donors (Lipinski definition) is 0. The summed E-state index contributed by atoms with van der Waals surface area (Å²) in [6.45, 7) is 0.798. The lowest BCUT2D eigenvalue weighted by molar-refractivity contribution is 0.0254. The molecule has 2 rings (SSSR count). The molecule has 1 aromatic heterocycles. The fraction of sp³-hybridized carbons (Fsp3) is 0.615. The van der Waals surface area contributed by atoms with E-state index >= 15 is 0 Å². The molecule has 1 aliphatic rings. The smallest absolute Gasteiger partial charge is 0.263 e. The first-order valence-corrected chi connectivity index (χ1v) is 8.64. The third-order valence-corrected chi connectivity index (χ3v) is 7.21. The van der Waals surface area contributed by atoms with Gasteiger partial charge in [0.2, 0.25) is 0 Å². The summed E-state index contributed by atoms with van der Waals surface area (Å²) in [4.78, 5) is 17.3. The van der Waals surface area contributed by atoms with E-state index in [4.69, 9.17) is 0 Å². The number of rotatable bonds is 4. The minimum Gasteiger partial charge on any atom is -0.339 e. The second-order valence-electron chi connectivity index (χ2n) is 5.37. The van der Waals surface area contributed by atoms with E-state index in [1.807, 2.05) is 18.0 Å². The topological polar surface area (TPSA) is 23.6 Å². The van der Waals surface area contributed by atoms with Gasteiger partial charge in [0.1, 0.15) is 0 Å². The Bertz CT molecular complexity index is 463. The van der Waals surface area contributed by atoms with Crippen LogP contribution in [0.25, 0.3) is 0 Å². The average molecular weight is 410 g/mol. The van der Waals surface area contributed by atoms with Crippen LogP contribution in [0.3, 0.4) is 0 Å². The van der Waals surface area contributed by atoms with E-state index < -0.39 is 0 Å². The maximum absolute atomic E-state index is 12.4. The Kier molecular flexibility index (Phi) is 4.75. The van der Waals surface area contributed by atoms with Crippen LogP contribution in [-0.4, -0.2) is 48.9 Å². The van der Waals surface area contributed by atoms with Crippen LogP contribution in [0.15, 0.2) is 14.3 Å². The van der Waals surface area contributed by atoms with Gasteiger partial charge in [-0.1, -0.05) is 0 Å². The highest BCUT2D eigenvalue weighted by molar-refractivity contribution is 9.13. The predicted octanol–water partition coefficient (Wildman–Crippen LogP) is 3.83. The van der Waals surface area contributed by atoms with E-state index in [1.54, 1.807) is 0 Å². The van der Waals surface area contributed by atoms with Crippen LogP contribution < -0.4 is 0 Å². The van der Waals surface area contributed by atoms with Gasteiger partial charge in [-0.05, 0) is 71.3 Å². The molecule has 3 nitrogen and oxygen atoms in total. The van der Waals surface area contributed by atoms with Crippen molar-refractivity contribution in [3.63, 3.8) is 0 Å². The molecule has 0 N–H and O–H groups in total. The zero-order chi connectivity index (χ0) is 14.2. The Morgan fingerprint density at radius 1 is 1.37 bits per heavy atom. The zero-order valence-corrected chi connectivity index (χ0v) is 15.4. The lowest BCUT2D eigenvalue weighted by Crippen LogP contribution is -2.57. The average Bonchev–Trinajstić information content (AvgIpc) is 2.62. The van der Waals surface area contributed by atoms with Gasteiger partial charge in [-0.2, -0.15) is 0 Å².